The fraction of sp³-hybridized carbons (Fsp3) is 0.733. The molecule has 2 rings (SSSR count). The van der Waals surface area contributed by atoms with Crippen LogP contribution in [0.15, 0.2) is 17.1 Å². The van der Waals surface area contributed by atoms with Gasteiger partial charge in [0, 0.05) is 12.6 Å². The van der Waals surface area contributed by atoms with Gasteiger partial charge in [0.1, 0.15) is 29.9 Å². The molecule has 2 heterocycles. The van der Waals surface area contributed by atoms with E-state index in [1.54, 1.807) is 0 Å². The standard InChI is InChI=1S/C15H26BN4O6PS2/c1-9(17)27(22,23)25-7-11-10(24-8-28-29-15(2,3)16)6-13(26-11)20-5-4-12(18)19-14(20)21/h4-5,9-11,13H,6-8,17H2,1-3H3,(H,22,23)(H2,18,19,21)/t9?,10-,11?,13-/m1/s1. The lowest BCUT2D eigenvalue weighted by atomic mass is 9.91. The van der Waals surface area contributed by atoms with E-state index in [4.69, 9.17) is 33.3 Å². The van der Waals surface area contributed by atoms with Crippen LogP contribution in [-0.2, 0) is 18.6 Å². The van der Waals surface area contributed by atoms with Crippen molar-refractivity contribution in [3.05, 3.63) is 22.7 Å². The van der Waals surface area contributed by atoms with Gasteiger partial charge in [-0.3, -0.25) is 9.13 Å². The molecule has 29 heavy (non-hydrogen) atoms. The van der Waals surface area contributed by atoms with Crippen molar-refractivity contribution in [1.29, 1.82) is 0 Å². The van der Waals surface area contributed by atoms with E-state index in [0.29, 0.717) is 12.4 Å². The fourth-order valence-electron chi connectivity index (χ4n) is 2.43. The minimum absolute atomic E-state index is 0.105. The first-order valence-electron chi connectivity index (χ1n) is 8.83. The number of nitrogen functional groups attached to an aromatic ring is 1. The first kappa shape index (κ1) is 24.7. The van der Waals surface area contributed by atoms with Crippen LogP contribution in [0.3, 0.4) is 0 Å². The molecule has 1 aromatic rings. The van der Waals surface area contributed by atoms with E-state index < -0.39 is 42.2 Å². The summed E-state index contributed by atoms with van der Waals surface area (Å²) in [5.74, 6) is -0.628. The summed E-state index contributed by atoms with van der Waals surface area (Å²) in [5.41, 5.74) is 10.5. The molecular weight excluding hydrogens is 438 g/mol. The molecular formula is C15H26BN4O6PS2. The van der Waals surface area contributed by atoms with Gasteiger partial charge in [0.05, 0.1) is 20.6 Å². The van der Waals surface area contributed by atoms with Crippen molar-refractivity contribution in [2.45, 2.75) is 56.1 Å². The van der Waals surface area contributed by atoms with Crippen molar-refractivity contribution in [3.63, 3.8) is 0 Å². The SMILES string of the molecule is [B]C(C)(C)SSCO[C@@H]1C[C@H](n2ccc(N)nc2=O)OC1COP(=O)(O)C(C)N. The molecule has 1 aliphatic heterocycles. The number of nitrogens with two attached hydrogens (primary N) is 2. The number of anilines is 1. The molecule has 0 bridgehead atoms. The first-order chi connectivity index (χ1) is 13.4. The van der Waals surface area contributed by atoms with E-state index in [1.807, 2.05) is 13.8 Å². The predicted molar refractivity (Wildman–Crippen MR) is 116 cm³/mol. The zero-order valence-corrected chi connectivity index (χ0v) is 19.0. The van der Waals surface area contributed by atoms with E-state index in [-0.39, 0.29) is 12.4 Å². The number of rotatable bonds is 10. The number of nitrogens with zero attached hydrogens (tertiary/aromatic N) is 2. The van der Waals surface area contributed by atoms with Crippen LogP contribution in [0.2, 0.25) is 0 Å². The predicted octanol–water partition coefficient (Wildman–Crippen LogP) is 1.25. The summed E-state index contributed by atoms with van der Waals surface area (Å²) in [4.78, 5) is 25.6. The van der Waals surface area contributed by atoms with E-state index in [1.165, 1.54) is 45.3 Å². The van der Waals surface area contributed by atoms with Gasteiger partial charge in [-0.25, -0.2) is 4.79 Å². The third-order valence-electron chi connectivity index (χ3n) is 3.88. The molecule has 0 saturated carbocycles. The maximum absolute atomic E-state index is 12.1. The highest BCUT2D eigenvalue weighted by Gasteiger charge is 2.39. The minimum Gasteiger partial charge on any atom is -0.383 e. The Balaban J connectivity index is 2.06. The average molecular weight is 464 g/mol. The van der Waals surface area contributed by atoms with Gasteiger partial charge in [0.2, 0.25) is 0 Å². The second-order valence-electron chi connectivity index (χ2n) is 7.14. The Bertz CT molecular complexity index is 793. The van der Waals surface area contributed by atoms with Crippen molar-refractivity contribution in [2.75, 3.05) is 18.3 Å². The van der Waals surface area contributed by atoms with Gasteiger partial charge in [0.25, 0.3) is 0 Å². The minimum atomic E-state index is -3.99. The van der Waals surface area contributed by atoms with Crippen molar-refractivity contribution < 1.29 is 23.5 Å². The molecule has 0 aromatic carbocycles. The number of hydrogen-bond donors (Lipinski definition) is 3. The molecule has 5 atom stereocenters. The number of aromatic nitrogens is 2. The highest BCUT2D eigenvalue weighted by Crippen LogP contribution is 2.46. The van der Waals surface area contributed by atoms with Crippen LogP contribution in [0.5, 0.6) is 0 Å². The third-order valence-corrected chi connectivity index (χ3v) is 8.14. The van der Waals surface area contributed by atoms with Gasteiger partial charge in [0.15, 0.2) is 0 Å². The summed E-state index contributed by atoms with van der Waals surface area (Å²) in [7, 11) is 4.83. The maximum atomic E-state index is 12.1. The summed E-state index contributed by atoms with van der Waals surface area (Å²) < 4.78 is 29.7. The number of hydrogen-bond acceptors (Lipinski definition) is 10. The highest BCUT2D eigenvalue weighted by atomic mass is 33.1. The van der Waals surface area contributed by atoms with Crippen LogP contribution in [0.25, 0.3) is 0 Å². The molecule has 3 unspecified atom stereocenters. The lowest BCUT2D eigenvalue weighted by Crippen LogP contribution is -2.30. The van der Waals surface area contributed by atoms with Gasteiger partial charge < -0.3 is 30.4 Å². The summed E-state index contributed by atoms with van der Waals surface area (Å²) in [6.45, 7) is 4.93. The molecule has 162 valence electrons. The Morgan fingerprint density at radius 3 is 2.86 bits per heavy atom. The molecule has 0 spiro atoms. The topological polar surface area (TPSA) is 152 Å². The number of ether oxygens (including phenoxy) is 2. The normalized spacial score (nSPS) is 25.6. The molecule has 0 aliphatic carbocycles. The molecule has 5 N–H and O–H groups in total. The third kappa shape index (κ3) is 7.59. The summed E-state index contributed by atoms with van der Waals surface area (Å²) >= 11 is 0. The first-order valence-corrected chi connectivity index (χ1v) is 12.8. The lowest BCUT2D eigenvalue weighted by Gasteiger charge is -2.22. The van der Waals surface area contributed by atoms with Crippen LogP contribution >= 0.6 is 29.2 Å². The zero-order chi connectivity index (χ0) is 21.8. The smallest absolute Gasteiger partial charge is 0.351 e. The fourth-order valence-corrected chi connectivity index (χ4v) is 4.83. The maximum Gasteiger partial charge on any atom is 0.351 e. The highest BCUT2D eigenvalue weighted by molar-refractivity contribution is 8.77. The van der Waals surface area contributed by atoms with E-state index in [9.17, 15) is 14.3 Å². The second kappa shape index (κ2) is 10.2. The second-order valence-corrected chi connectivity index (χ2v) is 12.2. The molecule has 1 fully saturated rings. The average Bonchev–Trinajstić information content (AvgIpc) is 2.99. The zero-order valence-electron chi connectivity index (χ0n) is 16.5. The molecule has 14 heteroatoms. The van der Waals surface area contributed by atoms with Crippen LogP contribution in [0.4, 0.5) is 5.82 Å². The molecule has 1 aromatic heterocycles. The Morgan fingerprint density at radius 2 is 2.28 bits per heavy atom. The summed E-state index contributed by atoms with van der Waals surface area (Å²) in [5, 5.41) is 0. The quantitative estimate of drug-likeness (QED) is 0.151. The van der Waals surface area contributed by atoms with E-state index in [0.717, 1.165) is 0 Å². The van der Waals surface area contributed by atoms with E-state index in [2.05, 4.69) is 4.98 Å². The summed E-state index contributed by atoms with van der Waals surface area (Å²) in [6.07, 6.45) is -0.0290. The van der Waals surface area contributed by atoms with Crippen LogP contribution in [0, 0.1) is 0 Å². The van der Waals surface area contributed by atoms with E-state index >= 15 is 0 Å². The Labute approximate surface area is 178 Å². The van der Waals surface area contributed by atoms with Crippen LogP contribution in [-0.4, -0.2) is 57.5 Å². The van der Waals surface area contributed by atoms with Gasteiger partial charge in [-0.2, -0.15) is 4.98 Å². The molecule has 0 amide bonds. The molecule has 1 aliphatic rings. The summed E-state index contributed by atoms with van der Waals surface area (Å²) in [6, 6.07) is 1.48. The lowest BCUT2D eigenvalue weighted by molar-refractivity contribution is -0.0521. The Morgan fingerprint density at radius 1 is 1.59 bits per heavy atom. The van der Waals surface area contributed by atoms with Gasteiger partial charge in [-0.15, -0.1) is 0 Å². The van der Waals surface area contributed by atoms with Crippen molar-refractivity contribution in [3.8, 4) is 0 Å². The Kier molecular flexibility index (Phi) is 8.69. The Hall–Kier alpha value is -0.525. The van der Waals surface area contributed by atoms with Crippen molar-refractivity contribution in [1.82, 2.24) is 9.55 Å². The van der Waals surface area contributed by atoms with Gasteiger partial charge in [-0.1, -0.05) is 35.4 Å². The van der Waals surface area contributed by atoms with Gasteiger partial charge in [-0.05, 0) is 17.6 Å². The van der Waals surface area contributed by atoms with Crippen LogP contribution in [0.1, 0.15) is 33.4 Å². The van der Waals surface area contributed by atoms with Crippen molar-refractivity contribution >= 4 is 42.8 Å². The largest absolute Gasteiger partial charge is 0.383 e. The molecule has 2 radical (unpaired) electrons. The monoisotopic (exact) mass is 464 g/mol. The molecule has 1 saturated heterocycles. The van der Waals surface area contributed by atoms with Gasteiger partial charge >= 0.3 is 13.3 Å². The van der Waals surface area contributed by atoms with Crippen molar-refractivity contribution in [2.24, 2.45) is 5.73 Å². The molecule has 10 nitrogen and oxygen atoms in total. The van der Waals surface area contributed by atoms with Crippen LogP contribution < -0.4 is 17.2 Å².